The molecule has 0 bridgehead atoms. The molecule has 1 saturated heterocycles. The molecule has 156 valence electrons. The van der Waals surface area contributed by atoms with Gasteiger partial charge in [0, 0.05) is 31.2 Å². The number of ether oxygens (including phenoxy) is 1. The Hall–Kier alpha value is -1.90. The summed E-state index contributed by atoms with van der Waals surface area (Å²) in [5.74, 6) is -0.586. The Morgan fingerprint density at radius 1 is 1.18 bits per heavy atom. The molecule has 2 heterocycles. The number of nitrogens with one attached hydrogen (secondary N) is 1. The first-order valence-electron chi connectivity index (χ1n) is 9.62. The predicted octanol–water partition coefficient (Wildman–Crippen LogP) is 1.90. The van der Waals surface area contributed by atoms with Crippen LogP contribution in [0.3, 0.4) is 0 Å². The summed E-state index contributed by atoms with van der Waals surface area (Å²) < 4.78 is 5.95. The topological polar surface area (TPSA) is 84.0 Å². The summed E-state index contributed by atoms with van der Waals surface area (Å²) in [6.45, 7) is 4.19. The maximum absolute atomic E-state index is 12.7. The van der Waals surface area contributed by atoms with Crippen molar-refractivity contribution < 1.29 is 19.2 Å². The minimum absolute atomic E-state index is 0. The van der Waals surface area contributed by atoms with Crippen LogP contribution in [-0.2, 0) is 19.2 Å². The number of amides is 1. The molecule has 1 amide bonds. The Bertz CT molecular complexity index is 622. The van der Waals surface area contributed by atoms with E-state index in [0.717, 1.165) is 44.5 Å². The van der Waals surface area contributed by atoms with Crippen molar-refractivity contribution in [3.8, 4) is 0 Å². The number of anilines is 1. The molecule has 1 unspecified atom stereocenters. The van der Waals surface area contributed by atoms with Gasteiger partial charge in [0.2, 0.25) is 12.1 Å². The molecule has 0 radical (unpaired) electrons. The fraction of sp³-hybridized carbons (Fsp3) is 0.632. The smallest absolute Gasteiger partial charge is 0.369 e. The third kappa shape index (κ3) is 5.80. The summed E-state index contributed by atoms with van der Waals surface area (Å²) in [4.78, 5) is 35.5. The maximum Gasteiger partial charge on any atom is 0.378 e. The van der Waals surface area contributed by atoms with Gasteiger partial charge in [0.05, 0.1) is 19.2 Å². The molecule has 9 heteroatoms. The summed E-state index contributed by atoms with van der Waals surface area (Å²) in [6, 6.07) is 3.93. The summed E-state index contributed by atoms with van der Waals surface area (Å²) >= 11 is 0. The highest BCUT2D eigenvalue weighted by atomic mass is 35.5. The number of aromatic nitrogens is 1. The van der Waals surface area contributed by atoms with Gasteiger partial charge in [-0.05, 0) is 31.9 Å². The van der Waals surface area contributed by atoms with Crippen LogP contribution in [0.1, 0.15) is 39.0 Å². The highest BCUT2D eigenvalue weighted by molar-refractivity contribution is 5.85. The molecular formula is C19H29ClN4O4. The molecule has 1 N–H and O–H groups in total. The third-order valence-electron chi connectivity index (χ3n) is 5.16. The summed E-state index contributed by atoms with van der Waals surface area (Å²) in [5.41, 5.74) is -0.365. The fourth-order valence-electron chi connectivity index (χ4n) is 3.57. The first kappa shape index (κ1) is 22.4. The molecule has 1 saturated carbocycles. The van der Waals surface area contributed by atoms with E-state index in [1.165, 1.54) is 6.42 Å². The Morgan fingerprint density at radius 3 is 2.43 bits per heavy atom. The normalized spacial score (nSPS) is 20.5. The first-order valence-corrected chi connectivity index (χ1v) is 9.62. The van der Waals surface area contributed by atoms with Crippen molar-refractivity contribution in [3.63, 3.8) is 0 Å². The Labute approximate surface area is 171 Å². The Kier molecular flexibility index (Phi) is 8.47. The molecule has 0 spiro atoms. The molecule has 8 nitrogen and oxygen atoms in total. The zero-order valence-electron chi connectivity index (χ0n) is 16.2. The van der Waals surface area contributed by atoms with E-state index < -0.39 is 11.7 Å². The Balaban J connectivity index is 0.00000280. The van der Waals surface area contributed by atoms with Crippen LogP contribution in [0.5, 0.6) is 0 Å². The molecule has 2 fully saturated rings. The van der Waals surface area contributed by atoms with Crippen molar-refractivity contribution in [1.29, 1.82) is 0 Å². The van der Waals surface area contributed by atoms with Crippen LogP contribution in [0.4, 0.5) is 5.69 Å². The van der Waals surface area contributed by atoms with Gasteiger partial charge < -0.3 is 19.8 Å². The highest BCUT2D eigenvalue weighted by Gasteiger charge is 2.40. The van der Waals surface area contributed by atoms with Crippen LogP contribution in [0, 0.1) is 0 Å². The number of rotatable bonds is 7. The van der Waals surface area contributed by atoms with Gasteiger partial charge in [-0.2, -0.15) is 0 Å². The minimum atomic E-state index is -1.47. The van der Waals surface area contributed by atoms with Gasteiger partial charge in [0.15, 0.2) is 0 Å². The molecule has 0 aromatic carbocycles. The Morgan fingerprint density at radius 2 is 1.82 bits per heavy atom. The quantitative estimate of drug-likeness (QED) is 0.540. The van der Waals surface area contributed by atoms with Crippen LogP contribution in [0.15, 0.2) is 24.5 Å². The average Bonchev–Trinajstić information content (AvgIpc) is 2.70. The van der Waals surface area contributed by atoms with Gasteiger partial charge in [0.1, 0.15) is 0 Å². The standard InChI is InChI=1S/C19H28N4O4.ClH/c1-19(21-15-24,26-17-5-3-2-4-6-17)18(25)27-23-13-11-22(12-14-23)16-7-9-20-10-8-16;/h7-10,15,17H,2-6,11-14H2,1H3,(H,21,24);1H. The number of hydrogen-bond acceptors (Lipinski definition) is 7. The lowest BCUT2D eigenvalue weighted by atomic mass is 9.97. The first-order chi connectivity index (χ1) is 13.1. The molecule has 1 aliphatic heterocycles. The lowest BCUT2D eigenvalue weighted by Crippen LogP contribution is -2.57. The highest BCUT2D eigenvalue weighted by Crippen LogP contribution is 2.25. The van der Waals surface area contributed by atoms with Crippen molar-refractivity contribution in [2.75, 3.05) is 31.1 Å². The van der Waals surface area contributed by atoms with Crippen molar-refractivity contribution >= 4 is 30.5 Å². The largest absolute Gasteiger partial charge is 0.378 e. The van der Waals surface area contributed by atoms with Gasteiger partial charge in [-0.15, -0.1) is 17.5 Å². The van der Waals surface area contributed by atoms with Crippen LogP contribution in [-0.4, -0.2) is 60.4 Å². The predicted molar refractivity (Wildman–Crippen MR) is 107 cm³/mol. The molecule has 28 heavy (non-hydrogen) atoms. The van der Waals surface area contributed by atoms with Crippen LogP contribution < -0.4 is 10.2 Å². The number of nitrogens with zero attached hydrogens (tertiary/aromatic N) is 3. The molecule has 1 atom stereocenters. The molecular weight excluding hydrogens is 384 g/mol. The van der Waals surface area contributed by atoms with Crippen LogP contribution >= 0.6 is 12.4 Å². The van der Waals surface area contributed by atoms with E-state index in [4.69, 9.17) is 9.57 Å². The lowest BCUT2D eigenvalue weighted by molar-refractivity contribution is -0.225. The van der Waals surface area contributed by atoms with Gasteiger partial charge in [-0.1, -0.05) is 19.3 Å². The van der Waals surface area contributed by atoms with Crippen molar-refractivity contribution in [2.45, 2.75) is 50.9 Å². The number of carbonyl (C=O) groups excluding carboxylic acids is 2. The summed E-state index contributed by atoms with van der Waals surface area (Å²) in [6.07, 6.45) is 9.12. The van der Waals surface area contributed by atoms with E-state index in [-0.39, 0.29) is 18.5 Å². The number of halogens is 1. The van der Waals surface area contributed by atoms with Gasteiger partial charge in [-0.25, -0.2) is 4.79 Å². The van der Waals surface area contributed by atoms with Gasteiger partial charge >= 0.3 is 5.97 Å². The molecule has 3 rings (SSSR count). The van der Waals surface area contributed by atoms with Crippen molar-refractivity contribution in [1.82, 2.24) is 15.4 Å². The average molecular weight is 413 g/mol. The van der Waals surface area contributed by atoms with Crippen molar-refractivity contribution in [2.24, 2.45) is 0 Å². The second kappa shape index (κ2) is 10.6. The number of hydrogen-bond donors (Lipinski definition) is 1. The molecule has 1 aliphatic carbocycles. The number of carbonyl (C=O) groups is 2. The van der Waals surface area contributed by atoms with E-state index in [9.17, 15) is 9.59 Å². The third-order valence-corrected chi connectivity index (χ3v) is 5.16. The lowest BCUT2D eigenvalue weighted by Gasteiger charge is -2.37. The van der Waals surface area contributed by atoms with E-state index in [0.29, 0.717) is 19.5 Å². The minimum Gasteiger partial charge on any atom is -0.369 e. The zero-order chi connectivity index (χ0) is 19.1. The monoisotopic (exact) mass is 412 g/mol. The van der Waals surface area contributed by atoms with E-state index in [1.807, 2.05) is 12.1 Å². The van der Waals surface area contributed by atoms with E-state index in [2.05, 4.69) is 15.2 Å². The molecule has 2 aliphatic rings. The van der Waals surface area contributed by atoms with Gasteiger partial charge in [0.25, 0.3) is 0 Å². The second-order valence-electron chi connectivity index (χ2n) is 7.17. The van der Waals surface area contributed by atoms with E-state index in [1.54, 1.807) is 24.4 Å². The summed E-state index contributed by atoms with van der Waals surface area (Å²) in [5, 5.41) is 4.14. The SMILES string of the molecule is CC(NC=O)(OC1CCCCC1)C(=O)ON1CCN(c2ccncc2)CC1.Cl. The van der Waals surface area contributed by atoms with Crippen LogP contribution in [0.2, 0.25) is 0 Å². The van der Waals surface area contributed by atoms with Gasteiger partial charge in [-0.3, -0.25) is 9.78 Å². The molecule has 1 aromatic rings. The second-order valence-corrected chi connectivity index (χ2v) is 7.17. The van der Waals surface area contributed by atoms with E-state index >= 15 is 0 Å². The molecule has 1 aromatic heterocycles. The summed E-state index contributed by atoms with van der Waals surface area (Å²) in [7, 11) is 0. The maximum atomic E-state index is 12.7. The number of pyridine rings is 1. The van der Waals surface area contributed by atoms with Crippen molar-refractivity contribution in [3.05, 3.63) is 24.5 Å². The number of piperazine rings is 1. The zero-order valence-corrected chi connectivity index (χ0v) is 17.0. The fourth-order valence-corrected chi connectivity index (χ4v) is 3.57. The van der Waals surface area contributed by atoms with Crippen LogP contribution in [0.25, 0.3) is 0 Å². The number of hydroxylamine groups is 2.